The molecular formula is C18H17F2NO2S. The minimum atomic E-state index is -0.640. The van der Waals surface area contributed by atoms with Gasteiger partial charge in [-0.25, -0.2) is 8.78 Å². The van der Waals surface area contributed by atoms with E-state index in [0.29, 0.717) is 17.9 Å². The van der Waals surface area contributed by atoms with Crippen molar-refractivity contribution in [2.75, 3.05) is 12.4 Å². The maximum Gasteiger partial charge on any atom is 0.234 e. The molecule has 1 fully saturated rings. The number of hydrogen-bond donors (Lipinski definition) is 0. The number of carbonyl (C=O) groups is 1. The maximum absolute atomic E-state index is 13.4. The summed E-state index contributed by atoms with van der Waals surface area (Å²) in [7, 11) is 0. The third kappa shape index (κ3) is 3.70. The van der Waals surface area contributed by atoms with Gasteiger partial charge in [0.15, 0.2) is 0 Å². The van der Waals surface area contributed by atoms with Gasteiger partial charge in [-0.1, -0.05) is 12.1 Å². The molecule has 3 nitrogen and oxygen atoms in total. The van der Waals surface area contributed by atoms with Crippen molar-refractivity contribution in [1.82, 2.24) is 4.90 Å². The Hall–Kier alpha value is -2.08. The van der Waals surface area contributed by atoms with Crippen LogP contribution in [0.15, 0.2) is 42.5 Å². The van der Waals surface area contributed by atoms with Crippen molar-refractivity contribution >= 4 is 17.7 Å². The summed E-state index contributed by atoms with van der Waals surface area (Å²) in [6.07, 6.45) is 0. The first-order valence-corrected chi connectivity index (χ1v) is 8.70. The third-order valence-corrected chi connectivity index (χ3v) is 4.95. The molecule has 0 saturated carbocycles. The van der Waals surface area contributed by atoms with Crippen LogP contribution in [0.4, 0.5) is 8.78 Å². The van der Waals surface area contributed by atoms with Crippen molar-refractivity contribution in [2.24, 2.45) is 0 Å². The zero-order valence-corrected chi connectivity index (χ0v) is 14.0. The number of benzene rings is 2. The number of rotatable bonds is 5. The number of carbonyl (C=O) groups excluding carboxylic acids is 1. The van der Waals surface area contributed by atoms with E-state index in [1.165, 1.54) is 23.9 Å². The molecule has 1 aliphatic rings. The third-order valence-electron chi connectivity index (χ3n) is 3.70. The van der Waals surface area contributed by atoms with E-state index in [4.69, 9.17) is 4.74 Å². The van der Waals surface area contributed by atoms with Crippen molar-refractivity contribution in [3.63, 3.8) is 0 Å². The zero-order valence-electron chi connectivity index (χ0n) is 13.2. The Labute approximate surface area is 143 Å². The van der Waals surface area contributed by atoms with Crippen molar-refractivity contribution < 1.29 is 18.3 Å². The van der Waals surface area contributed by atoms with E-state index < -0.39 is 11.6 Å². The fraction of sp³-hybridized carbons (Fsp3) is 0.278. The van der Waals surface area contributed by atoms with E-state index in [0.717, 1.165) is 17.4 Å². The van der Waals surface area contributed by atoms with Gasteiger partial charge in [-0.15, -0.1) is 11.8 Å². The topological polar surface area (TPSA) is 29.5 Å². The molecule has 6 heteroatoms. The minimum Gasteiger partial charge on any atom is -0.494 e. The fourth-order valence-electron chi connectivity index (χ4n) is 2.72. The lowest BCUT2D eigenvalue weighted by Crippen LogP contribution is -2.27. The molecule has 1 aliphatic heterocycles. The molecule has 0 spiro atoms. The normalized spacial score (nSPS) is 17.4. The lowest BCUT2D eigenvalue weighted by molar-refractivity contribution is -0.128. The molecule has 0 radical (unpaired) electrons. The average Bonchev–Trinajstić information content (AvgIpc) is 2.88. The monoisotopic (exact) mass is 349 g/mol. The van der Waals surface area contributed by atoms with Crippen molar-refractivity contribution in [1.29, 1.82) is 0 Å². The molecule has 3 rings (SSSR count). The number of hydrogen-bond acceptors (Lipinski definition) is 3. The molecule has 1 amide bonds. The summed E-state index contributed by atoms with van der Waals surface area (Å²) in [5.74, 6) is -0.233. The SMILES string of the molecule is CCOc1cccc(C2SCC(=O)N2Cc2cc(F)cc(F)c2)c1. The van der Waals surface area contributed by atoms with E-state index in [1.807, 2.05) is 31.2 Å². The Bertz CT molecular complexity index is 733. The largest absolute Gasteiger partial charge is 0.494 e. The molecule has 1 unspecified atom stereocenters. The molecule has 0 aromatic heterocycles. The molecule has 0 aliphatic carbocycles. The summed E-state index contributed by atoms with van der Waals surface area (Å²) in [6.45, 7) is 2.64. The molecule has 2 aromatic rings. The van der Waals surface area contributed by atoms with Crippen molar-refractivity contribution in [3.05, 3.63) is 65.2 Å². The summed E-state index contributed by atoms with van der Waals surface area (Å²) >= 11 is 1.50. The molecule has 2 aromatic carbocycles. The lowest BCUT2D eigenvalue weighted by Gasteiger charge is -2.24. The second-order valence-corrected chi connectivity index (χ2v) is 6.54. The summed E-state index contributed by atoms with van der Waals surface area (Å²) in [4.78, 5) is 13.9. The molecule has 126 valence electrons. The molecular weight excluding hydrogens is 332 g/mol. The summed E-state index contributed by atoms with van der Waals surface area (Å²) < 4.78 is 32.3. The Balaban J connectivity index is 1.85. The molecule has 0 N–H and O–H groups in total. The highest BCUT2D eigenvalue weighted by atomic mass is 32.2. The Morgan fingerprint density at radius 1 is 1.21 bits per heavy atom. The molecule has 1 atom stereocenters. The van der Waals surface area contributed by atoms with Gasteiger partial charge >= 0.3 is 0 Å². The van der Waals surface area contributed by atoms with E-state index in [1.54, 1.807) is 4.90 Å². The highest BCUT2D eigenvalue weighted by molar-refractivity contribution is 8.00. The van der Waals surface area contributed by atoms with Crippen LogP contribution in [0.2, 0.25) is 0 Å². The second kappa shape index (κ2) is 7.21. The number of ether oxygens (including phenoxy) is 1. The number of thioether (sulfide) groups is 1. The smallest absolute Gasteiger partial charge is 0.234 e. The van der Waals surface area contributed by atoms with Crippen LogP contribution in [0.5, 0.6) is 5.75 Å². The summed E-state index contributed by atoms with van der Waals surface area (Å²) in [5, 5.41) is -0.191. The van der Waals surface area contributed by atoms with Gasteiger partial charge in [0.25, 0.3) is 0 Å². The number of amides is 1. The number of nitrogens with zero attached hydrogens (tertiary/aromatic N) is 1. The van der Waals surface area contributed by atoms with E-state index in [-0.39, 0.29) is 17.8 Å². The molecule has 0 bridgehead atoms. The van der Waals surface area contributed by atoms with Crippen LogP contribution < -0.4 is 4.74 Å². The van der Waals surface area contributed by atoms with Crippen molar-refractivity contribution in [3.8, 4) is 5.75 Å². The first kappa shape index (κ1) is 16.8. The van der Waals surface area contributed by atoms with Crippen LogP contribution >= 0.6 is 11.8 Å². The van der Waals surface area contributed by atoms with Crippen molar-refractivity contribution in [2.45, 2.75) is 18.8 Å². The average molecular weight is 349 g/mol. The Kier molecular flexibility index (Phi) is 5.04. The van der Waals surface area contributed by atoms with Crippen LogP contribution in [0, 0.1) is 11.6 Å². The van der Waals surface area contributed by atoms with Crippen LogP contribution in [0.1, 0.15) is 23.4 Å². The lowest BCUT2D eigenvalue weighted by atomic mass is 10.1. The predicted molar refractivity (Wildman–Crippen MR) is 89.7 cm³/mol. The Morgan fingerprint density at radius 3 is 2.67 bits per heavy atom. The van der Waals surface area contributed by atoms with Gasteiger partial charge in [-0.3, -0.25) is 4.79 Å². The first-order chi connectivity index (χ1) is 11.6. The van der Waals surface area contributed by atoms with E-state index in [2.05, 4.69) is 0 Å². The first-order valence-electron chi connectivity index (χ1n) is 7.65. The van der Waals surface area contributed by atoms with E-state index in [9.17, 15) is 13.6 Å². The number of halogens is 2. The highest BCUT2D eigenvalue weighted by Gasteiger charge is 2.33. The zero-order chi connectivity index (χ0) is 17.1. The molecule has 24 heavy (non-hydrogen) atoms. The molecule has 1 saturated heterocycles. The fourth-order valence-corrected chi connectivity index (χ4v) is 3.90. The van der Waals surface area contributed by atoms with Gasteiger partial charge in [0.2, 0.25) is 5.91 Å². The van der Waals surface area contributed by atoms with Crippen LogP contribution in [0.25, 0.3) is 0 Å². The molecule has 1 heterocycles. The van der Waals surface area contributed by atoms with Gasteiger partial charge in [0.05, 0.1) is 12.4 Å². The predicted octanol–water partition coefficient (Wildman–Crippen LogP) is 4.14. The quantitative estimate of drug-likeness (QED) is 0.813. The van der Waals surface area contributed by atoms with Crippen LogP contribution in [0.3, 0.4) is 0 Å². The highest BCUT2D eigenvalue weighted by Crippen LogP contribution is 2.40. The van der Waals surface area contributed by atoms with Crippen LogP contribution in [-0.2, 0) is 11.3 Å². The van der Waals surface area contributed by atoms with E-state index >= 15 is 0 Å². The standard InChI is InChI=1S/C18H17F2NO2S/c1-2-23-16-5-3-4-13(8-16)18-21(17(22)11-24-18)10-12-6-14(19)9-15(20)7-12/h3-9,18H,2,10-11H2,1H3. The maximum atomic E-state index is 13.4. The van der Waals surface area contributed by atoms with Gasteiger partial charge in [0, 0.05) is 12.6 Å². The Morgan fingerprint density at radius 2 is 1.96 bits per heavy atom. The minimum absolute atomic E-state index is 0.0449. The van der Waals surface area contributed by atoms with Gasteiger partial charge in [-0.2, -0.15) is 0 Å². The second-order valence-electron chi connectivity index (χ2n) is 5.47. The van der Waals surface area contributed by atoms with Gasteiger partial charge < -0.3 is 9.64 Å². The van der Waals surface area contributed by atoms with Crippen LogP contribution in [-0.4, -0.2) is 23.2 Å². The van der Waals surface area contributed by atoms with Gasteiger partial charge in [0.1, 0.15) is 22.8 Å². The summed E-state index contributed by atoms with van der Waals surface area (Å²) in [6, 6.07) is 10.9. The summed E-state index contributed by atoms with van der Waals surface area (Å²) in [5.41, 5.74) is 1.38. The van der Waals surface area contributed by atoms with Gasteiger partial charge in [-0.05, 0) is 42.3 Å².